The molecule has 1 amide bonds. The summed E-state index contributed by atoms with van der Waals surface area (Å²) in [6, 6.07) is 15.4. The fourth-order valence-electron chi connectivity index (χ4n) is 5.03. The van der Waals surface area contributed by atoms with Crippen LogP contribution in [0.2, 0.25) is 0 Å². The Balaban J connectivity index is 1.48. The maximum Gasteiger partial charge on any atom is 0.283 e. The number of amides is 1. The molecule has 0 bridgehead atoms. The molecule has 2 N–H and O–H groups in total. The van der Waals surface area contributed by atoms with Crippen molar-refractivity contribution in [1.29, 1.82) is 0 Å². The van der Waals surface area contributed by atoms with Gasteiger partial charge in [0.2, 0.25) is 0 Å². The van der Waals surface area contributed by atoms with Crippen molar-refractivity contribution in [1.82, 2.24) is 9.97 Å². The number of H-pyrrole nitrogens is 1. The molecule has 0 fully saturated rings. The summed E-state index contributed by atoms with van der Waals surface area (Å²) < 4.78 is 0. The zero-order valence-corrected chi connectivity index (χ0v) is 25.4. The van der Waals surface area contributed by atoms with Crippen LogP contribution in [0.15, 0.2) is 74.4 Å². The predicted molar refractivity (Wildman–Crippen MR) is 168 cm³/mol. The Morgan fingerprint density at radius 1 is 1.21 bits per heavy atom. The first-order valence-corrected chi connectivity index (χ1v) is 15.2. The van der Waals surface area contributed by atoms with E-state index in [-0.39, 0.29) is 27.7 Å². The van der Waals surface area contributed by atoms with E-state index < -0.39 is 4.92 Å². The molecule has 216 valence electrons. The Bertz CT molecular complexity index is 1740. The van der Waals surface area contributed by atoms with E-state index in [0.29, 0.717) is 38.3 Å². The second kappa shape index (κ2) is 12.0. The third kappa shape index (κ3) is 6.69. The summed E-state index contributed by atoms with van der Waals surface area (Å²) >= 11 is 2.54. The number of nitro benzene ring substituents is 1. The largest absolute Gasteiger partial charge is 0.322 e. The van der Waals surface area contributed by atoms with Crippen LogP contribution >= 0.6 is 23.1 Å². The van der Waals surface area contributed by atoms with Crippen LogP contribution in [-0.2, 0) is 12.8 Å². The van der Waals surface area contributed by atoms with Crippen molar-refractivity contribution in [2.24, 2.45) is 16.3 Å². The highest BCUT2D eigenvalue weighted by Gasteiger charge is 2.33. The van der Waals surface area contributed by atoms with Crippen LogP contribution in [-0.4, -0.2) is 27.0 Å². The molecule has 0 aliphatic heterocycles. The molecule has 0 radical (unpaired) electrons. The molecule has 0 saturated heterocycles. The van der Waals surface area contributed by atoms with Gasteiger partial charge in [0, 0.05) is 34.6 Å². The quantitative estimate of drug-likeness (QED) is 0.0985. The molecule has 5 rings (SSSR count). The van der Waals surface area contributed by atoms with Crippen LogP contribution in [0.5, 0.6) is 0 Å². The van der Waals surface area contributed by atoms with Gasteiger partial charge in [-0.1, -0.05) is 45.0 Å². The maximum absolute atomic E-state index is 13.6. The van der Waals surface area contributed by atoms with Gasteiger partial charge in [-0.2, -0.15) is 0 Å². The van der Waals surface area contributed by atoms with Crippen LogP contribution in [0.4, 0.5) is 16.4 Å². The first-order valence-electron chi connectivity index (χ1n) is 13.6. The standard InChI is InChI=1S/C31H31N5O4S2/c1-18-14-26(37)35-30(33-18)42-24-13-10-19(15-23(24)36(39)40)17-32-29-27(28(38)34-21-8-6-5-7-9-21)22-12-11-20(31(2,3)4)16-25(22)41-29/h5-10,13-15,17,20H,11-12,16H2,1-4H3,(H,34,38)(H,33,35,37)/t20-/m0/s1. The highest BCUT2D eigenvalue weighted by Crippen LogP contribution is 2.45. The zero-order chi connectivity index (χ0) is 30.0. The molecule has 1 aliphatic carbocycles. The van der Waals surface area contributed by atoms with Crippen LogP contribution in [0, 0.1) is 28.4 Å². The smallest absolute Gasteiger partial charge is 0.283 e. The van der Waals surface area contributed by atoms with Gasteiger partial charge in [-0.15, -0.1) is 11.3 Å². The lowest BCUT2D eigenvalue weighted by molar-refractivity contribution is -0.387. The molecule has 11 heteroatoms. The first-order chi connectivity index (χ1) is 20.0. The average molecular weight is 602 g/mol. The number of benzene rings is 2. The number of aromatic nitrogens is 2. The van der Waals surface area contributed by atoms with Crippen molar-refractivity contribution >= 4 is 51.6 Å². The van der Waals surface area contributed by atoms with Gasteiger partial charge in [0.25, 0.3) is 17.2 Å². The Kier molecular flexibility index (Phi) is 8.42. The molecule has 2 heterocycles. The number of hydrogen-bond donors (Lipinski definition) is 2. The number of aliphatic imine (C=N–C) groups is 1. The highest BCUT2D eigenvalue weighted by atomic mass is 32.2. The zero-order valence-electron chi connectivity index (χ0n) is 23.8. The first kappa shape index (κ1) is 29.4. The van der Waals surface area contributed by atoms with Gasteiger partial charge in [-0.05, 0) is 78.6 Å². The molecule has 0 saturated carbocycles. The van der Waals surface area contributed by atoms with Crippen molar-refractivity contribution in [2.75, 3.05) is 5.32 Å². The minimum Gasteiger partial charge on any atom is -0.322 e. The molecule has 4 aromatic rings. The molecule has 2 aromatic heterocycles. The van der Waals surface area contributed by atoms with Gasteiger partial charge in [0.1, 0.15) is 5.00 Å². The van der Waals surface area contributed by atoms with Gasteiger partial charge in [-0.3, -0.25) is 19.7 Å². The molecule has 1 aliphatic rings. The summed E-state index contributed by atoms with van der Waals surface area (Å²) in [5, 5.41) is 15.8. The summed E-state index contributed by atoms with van der Waals surface area (Å²) in [5.41, 5.74) is 3.05. The number of anilines is 1. The number of fused-ring (bicyclic) bond motifs is 1. The number of para-hydroxylation sites is 1. The number of rotatable bonds is 7. The summed E-state index contributed by atoms with van der Waals surface area (Å²) in [5.74, 6) is 0.286. The number of nitro groups is 1. The molecule has 42 heavy (non-hydrogen) atoms. The monoisotopic (exact) mass is 601 g/mol. The summed E-state index contributed by atoms with van der Waals surface area (Å²) in [6.45, 7) is 8.44. The number of hydrogen-bond acceptors (Lipinski definition) is 8. The second-order valence-corrected chi connectivity index (χ2v) is 13.5. The third-order valence-corrected chi connectivity index (χ3v) is 9.41. The Morgan fingerprint density at radius 3 is 2.67 bits per heavy atom. The number of carbonyl (C=O) groups is 1. The Hall–Kier alpha value is -4.09. The van der Waals surface area contributed by atoms with E-state index in [1.807, 2.05) is 30.3 Å². The van der Waals surface area contributed by atoms with Gasteiger partial charge in [-0.25, -0.2) is 9.98 Å². The Morgan fingerprint density at radius 2 is 1.98 bits per heavy atom. The predicted octanol–water partition coefficient (Wildman–Crippen LogP) is 7.35. The molecule has 1 atom stereocenters. The summed E-state index contributed by atoms with van der Waals surface area (Å²) in [6.07, 6.45) is 4.24. The lowest BCUT2D eigenvalue weighted by Gasteiger charge is -2.33. The molecule has 9 nitrogen and oxygen atoms in total. The van der Waals surface area contributed by atoms with Crippen LogP contribution in [0.1, 0.15) is 59.2 Å². The van der Waals surface area contributed by atoms with Crippen LogP contribution < -0.4 is 10.9 Å². The molecule has 0 unspecified atom stereocenters. The molecular weight excluding hydrogens is 571 g/mol. The minimum atomic E-state index is -0.469. The topological polar surface area (TPSA) is 130 Å². The van der Waals surface area contributed by atoms with Crippen LogP contribution in [0.25, 0.3) is 0 Å². The fraction of sp³-hybridized carbons (Fsp3) is 0.290. The van der Waals surface area contributed by atoms with E-state index in [1.54, 1.807) is 25.3 Å². The lowest BCUT2D eigenvalue weighted by Crippen LogP contribution is -2.27. The van der Waals surface area contributed by atoms with Crippen LogP contribution in [0.3, 0.4) is 0 Å². The fourth-order valence-corrected chi connectivity index (χ4v) is 7.22. The summed E-state index contributed by atoms with van der Waals surface area (Å²) in [4.78, 5) is 49.9. The maximum atomic E-state index is 13.6. The summed E-state index contributed by atoms with van der Waals surface area (Å²) in [7, 11) is 0. The van der Waals surface area contributed by atoms with Gasteiger partial charge in [0.15, 0.2) is 5.16 Å². The van der Waals surface area contributed by atoms with E-state index in [0.717, 1.165) is 36.6 Å². The van der Waals surface area contributed by atoms with Gasteiger partial charge in [0.05, 0.1) is 15.4 Å². The second-order valence-electron chi connectivity index (χ2n) is 11.3. The van der Waals surface area contributed by atoms with Crippen molar-refractivity contribution < 1.29 is 9.72 Å². The number of aromatic amines is 1. The van der Waals surface area contributed by atoms with E-state index in [2.05, 4.69) is 36.1 Å². The number of nitrogens with one attached hydrogen (secondary N) is 2. The highest BCUT2D eigenvalue weighted by molar-refractivity contribution is 7.99. The van der Waals surface area contributed by atoms with E-state index >= 15 is 0 Å². The number of nitrogens with zero attached hydrogens (tertiary/aromatic N) is 3. The number of thiophene rings is 1. The molecule has 2 aromatic carbocycles. The van der Waals surface area contributed by atoms with Crippen molar-refractivity contribution in [3.05, 3.63) is 102 Å². The van der Waals surface area contributed by atoms with Gasteiger partial charge >= 0.3 is 0 Å². The normalized spacial score (nSPS) is 15.0. The lowest BCUT2D eigenvalue weighted by atomic mass is 9.72. The van der Waals surface area contributed by atoms with Crippen molar-refractivity contribution in [3.8, 4) is 0 Å². The molecular formula is C31H31N5O4S2. The van der Waals surface area contributed by atoms with E-state index in [9.17, 15) is 19.7 Å². The Labute approximate surface area is 251 Å². The third-order valence-electron chi connectivity index (χ3n) is 7.30. The van der Waals surface area contributed by atoms with E-state index in [4.69, 9.17) is 4.99 Å². The average Bonchev–Trinajstić information content (AvgIpc) is 3.30. The van der Waals surface area contributed by atoms with E-state index in [1.165, 1.54) is 28.3 Å². The number of aryl methyl sites for hydroxylation is 1. The minimum absolute atomic E-state index is 0.131. The SMILES string of the molecule is Cc1cc(=O)[nH]c(Sc2ccc(C=Nc3sc4c(c3C(=O)Nc3ccccc3)CC[C@H](C(C)(C)C)C4)cc2[N+](=O)[O-])n1. The van der Waals surface area contributed by atoms with Crippen molar-refractivity contribution in [3.63, 3.8) is 0 Å². The van der Waals surface area contributed by atoms with Crippen molar-refractivity contribution in [2.45, 2.75) is 57.0 Å². The number of carbonyl (C=O) groups excluding carboxylic acids is 1. The molecule has 0 spiro atoms. The van der Waals surface area contributed by atoms with Gasteiger partial charge < -0.3 is 10.3 Å².